The summed E-state index contributed by atoms with van der Waals surface area (Å²) in [4.78, 5) is 2.58. The Bertz CT molecular complexity index is 407. The molecule has 0 spiro atoms. The fourth-order valence-electron chi connectivity index (χ4n) is 2.08. The molecular formula is C14H22N2OS. The molecule has 0 aliphatic rings. The lowest BCUT2D eigenvalue weighted by Gasteiger charge is -2.28. The monoisotopic (exact) mass is 266 g/mol. The maximum atomic E-state index is 9.21. The molecule has 4 heteroatoms. The summed E-state index contributed by atoms with van der Waals surface area (Å²) >= 11 is 5.11. The number of aryl methyl sites for hydroxylation is 1. The molecule has 1 rings (SSSR count). The van der Waals surface area contributed by atoms with Gasteiger partial charge in [-0.25, -0.2) is 0 Å². The van der Waals surface area contributed by atoms with Crippen LogP contribution in [0.4, 0.5) is 5.69 Å². The van der Waals surface area contributed by atoms with Crippen LogP contribution in [-0.2, 0) is 0 Å². The molecule has 100 valence electrons. The van der Waals surface area contributed by atoms with Gasteiger partial charge in [0.2, 0.25) is 0 Å². The molecule has 0 heterocycles. The van der Waals surface area contributed by atoms with E-state index in [1.165, 1.54) is 0 Å². The van der Waals surface area contributed by atoms with E-state index in [0.717, 1.165) is 36.2 Å². The van der Waals surface area contributed by atoms with Gasteiger partial charge in [0.15, 0.2) is 0 Å². The normalized spacial score (nSPS) is 10.4. The second-order valence-electron chi connectivity index (χ2n) is 4.40. The molecule has 0 radical (unpaired) electrons. The Hall–Kier alpha value is -1.13. The minimum Gasteiger partial charge on any atom is -0.395 e. The quantitative estimate of drug-likeness (QED) is 0.743. The third-order valence-electron chi connectivity index (χ3n) is 2.97. The van der Waals surface area contributed by atoms with Crippen LogP contribution in [0.1, 0.15) is 30.9 Å². The highest BCUT2D eigenvalue weighted by Crippen LogP contribution is 2.25. The zero-order chi connectivity index (χ0) is 13.5. The summed E-state index contributed by atoms with van der Waals surface area (Å²) in [5.74, 6) is 0. The van der Waals surface area contributed by atoms with Gasteiger partial charge in [0, 0.05) is 24.3 Å². The summed E-state index contributed by atoms with van der Waals surface area (Å²) in [6.45, 7) is 5.86. The SMILES string of the molecule is CCCCN(CCO)c1c(C)cccc1C(N)=S. The summed E-state index contributed by atoms with van der Waals surface area (Å²) in [7, 11) is 0. The fourth-order valence-corrected chi connectivity index (χ4v) is 2.25. The van der Waals surface area contributed by atoms with Crippen molar-refractivity contribution in [2.75, 3.05) is 24.6 Å². The number of para-hydroxylation sites is 1. The van der Waals surface area contributed by atoms with Crippen LogP contribution in [0.25, 0.3) is 0 Å². The summed E-state index contributed by atoms with van der Waals surface area (Å²) in [5.41, 5.74) is 8.89. The van der Waals surface area contributed by atoms with Crippen LogP contribution in [-0.4, -0.2) is 29.8 Å². The third-order valence-corrected chi connectivity index (χ3v) is 3.19. The van der Waals surface area contributed by atoms with E-state index in [-0.39, 0.29) is 6.61 Å². The van der Waals surface area contributed by atoms with Gasteiger partial charge in [0.1, 0.15) is 4.99 Å². The van der Waals surface area contributed by atoms with Gasteiger partial charge in [-0.05, 0) is 25.0 Å². The van der Waals surface area contributed by atoms with Crippen LogP contribution in [0.15, 0.2) is 18.2 Å². The van der Waals surface area contributed by atoms with E-state index in [1.807, 2.05) is 25.1 Å². The summed E-state index contributed by atoms with van der Waals surface area (Å²) < 4.78 is 0. The van der Waals surface area contributed by atoms with E-state index in [1.54, 1.807) is 0 Å². The first-order chi connectivity index (χ1) is 8.61. The molecule has 0 fully saturated rings. The van der Waals surface area contributed by atoms with Gasteiger partial charge in [-0.1, -0.05) is 37.7 Å². The molecule has 1 aromatic carbocycles. The maximum Gasteiger partial charge on any atom is 0.106 e. The first-order valence-electron chi connectivity index (χ1n) is 6.37. The first-order valence-corrected chi connectivity index (χ1v) is 6.77. The van der Waals surface area contributed by atoms with Gasteiger partial charge in [-0.3, -0.25) is 0 Å². The molecule has 0 bridgehead atoms. The van der Waals surface area contributed by atoms with Crippen molar-refractivity contribution in [2.45, 2.75) is 26.7 Å². The first kappa shape index (κ1) is 14.9. The van der Waals surface area contributed by atoms with E-state index in [2.05, 4.69) is 11.8 Å². The van der Waals surface area contributed by atoms with Crippen LogP contribution >= 0.6 is 12.2 Å². The predicted octanol–water partition coefficient (Wildman–Crippen LogP) is 2.23. The largest absolute Gasteiger partial charge is 0.395 e. The predicted molar refractivity (Wildman–Crippen MR) is 81.3 cm³/mol. The number of aliphatic hydroxyl groups is 1. The molecule has 0 saturated heterocycles. The van der Waals surface area contributed by atoms with Crippen molar-refractivity contribution in [1.82, 2.24) is 0 Å². The molecule has 3 N–H and O–H groups in total. The van der Waals surface area contributed by atoms with E-state index >= 15 is 0 Å². The van der Waals surface area contributed by atoms with Gasteiger partial charge in [-0.2, -0.15) is 0 Å². The Morgan fingerprint density at radius 2 is 2.11 bits per heavy atom. The minimum atomic E-state index is 0.134. The molecule has 0 aromatic heterocycles. The lowest BCUT2D eigenvalue weighted by atomic mass is 10.1. The number of rotatable bonds is 7. The number of benzene rings is 1. The number of anilines is 1. The average molecular weight is 266 g/mol. The van der Waals surface area contributed by atoms with Crippen molar-refractivity contribution < 1.29 is 5.11 Å². The minimum absolute atomic E-state index is 0.134. The molecule has 0 amide bonds. The van der Waals surface area contributed by atoms with Crippen LogP contribution in [0.5, 0.6) is 0 Å². The Morgan fingerprint density at radius 1 is 1.39 bits per heavy atom. The second-order valence-corrected chi connectivity index (χ2v) is 4.84. The third kappa shape index (κ3) is 3.68. The van der Waals surface area contributed by atoms with Crippen LogP contribution in [0.3, 0.4) is 0 Å². The molecule has 0 saturated carbocycles. The highest BCUT2D eigenvalue weighted by Gasteiger charge is 2.14. The number of unbranched alkanes of at least 4 members (excludes halogenated alkanes) is 1. The van der Waals surface area contributed by atoms with Crippen molar-refractivity contribution in [2.24, 2.45) is 5.73 Å². The topological polar surface area (TPSA) is 49.5 Å². The molecule has 0 aliphatic carbocycles. The number of aliphatic hydroxyl groups excluding tert-OH is 1. The fraction of sp³-hybridized carbons (Fsp3) is 0.500. The zero-order valence-electron chi connectivity index (χ0n) is 11.1. The average Bonchev–Trinajstić information content (AvgIpc) is 2.34. The van der Waals surface area contributed by atoms with E-state index in [0.29, 0.717) is 11.5 Å². The molecule has 0 unspecified atom stereocenters. The number of hydrogen-bond donors (Lipinski definition) is 2. The second kappa shape index (κ2) is 7.34. The van der Waals surface area contributed by atoms with Crippen molar-refractivity contribution >= 4 is 22.9 Å². The van der Waals surface area contributed by atoms with Crippen molar-refractivity contribution in [1.29, 1.82) is 0 Å². The summed E-state index contributed by atoms with van der Waals surface area (Å²) in [6.07, 6.45) is 2.21. The van der Waals surface area contributed by atoms with Gasteiger partial charge in [-0.15, -0.1) is 0 Å². The summed E-state index contributed by atoms with van der Waals surface area (Å²) in [5, 5.41) is 9.21. The summed E-state index contributed by atoms with van der Waals surface area (Å²) in [6, 6.07) is 5.96. The van der Waals surface area contributed by atoms with Crippen molar-refractivity contribution in [3.63, 3.8) is 0 Å². The molecule has 18 heavy (non-hydrogen) atoms. The van der Waals surface area contributed by atoms with Gasteiger partial charge in [0.05, 0.1) is 6.61 Å². The maximum absolute atomic E-state index is 9.21. The van der Waals surface area contributed by atoms with Crippen molar-refractivity contribution in [3.8, 4) is 0 Å². The van der Waals surface area contributed by atoms with Crippen molar-refractivity contribution in [3.05, 3.63) is 29.3 Å². The highest BCUT2D eigenvalue weighted by molar-refractivity contribution is 7.80. The van der Waals surface area contributed by atoms with Crippen LogP contribution < -0.4 is 10.6 Å². The standard InChI is InChI=1S/C14H22N2OS/c1-3-4-8-16(9-10-17)13-11(2)6-5-7-12(13)14(15)18/h5-7,17H,3-4,8-10H2,1-2H3,(H2,15,18). The number of nitrogens with two attached hydrogens (primary N) is 1. The van der Waals surface area contributed by atoms with Crippen LogP contribution in [0, 0.1) is 6.92 Å². The number of thiocarbonyl (C=S) groups is 1. The van der Waals surface area contributed by atoms with E-state index in [9.17, 15) is 5.11 Å². The lowest BCUT2D eigenvalue weighted by molar-refractivity contribution is 0.301. The Labute approximate surface area is 115 Å². The molecule has 1 aromatic rings. The number of nitrogens with zero attached hydrogens (tertiary/aromatic N) is 1. The Kier molecular flexibility index (Phi) is 6.09. The van der Waals surface area contributed by atoms with Gasteiger partial charge >= 0.3 is 0 Å². The Balaban J connectivity index is 3.12. The molecule has 3 nitrogen and oxygen atoms in total. The van der Waals surface area contributed by atoms with E-state index < -0.39 is 0 Å². The smallest absolute Gasteiger partial charge is 0.106 e. The van der Waals surface area contributed by atoms with E-state index in [4.69, 9.17) is 18.0 Å². The highest BCUT2D eigenvalue weighted by atomic mass is 32.1. The van der Waals surface area contributed by atoms with Crippen LogP contribution in [0.2, 0.25) is 0 Å². The molecule has 0 atom stereocenters. The molecular weight excluding hydrogens is 244 g/mol. The zero-order valence-corrected chi connectivity index (χ0v) is 12.0. The molecule has 0 aliphatic heterocycles. The van der Waals surface area contributed by atoms with Gasteiger partial charge in [0.25, 0.3) is 0 Å². The number of hydrogen-bond acceptors (Lipinski definition) is 3. The Morgan fingerprint density at radius 3 is 2.67 bits per heavy atom. The lowest BCUT2D eigenvalue weighted by Crippen LogP contribution is -2.30. The van der Waals surface area contributed by atoms with Gasteiger partial charge < -0.3 is 15.7 Å².